The van der Waals surface area contributed by atoms with Gasteiger partial charge in [0.15, 0.2) is 0 Å². The van der Waals surface area contributed by atoms with Crippen LogP contribution in [0.3, 0.4) is 0 Å². The van der Waals surface area contributed by atoms with Gasteiger partial charge >= 0.3 is 0 Å². The van der Waals surface area contributed by atoms with Gasteiger partial charge in [0.05, 0.1) is 42.1 Å². The highest BCUT2D eigenvalue weighted by Gasteiger charge is 2.45. The van der Waals surface area contributed by atoms with E-state index in [2.05, 4.69) is 86.8 Å². The van der Waals surface area contributed by atoms with Gasteiger partial charge in [0.2, 0.25) is 12.3 Å². The first kappa shape index (κ1) is 28.9. The van der Waals surface area contributed by atoms with Crippen molar-refractivity contribution in [2.45, 2.75) is 51.2 Å². The first-order chi connectivity index (χ1) is 22.5. The number of imidazole rings is 2. The van der Waals surface area contributed by atoms with Gasteiger partial charge in [0, 0.05) is 38.3 Å². The number of likely N-dealkylation sites (tertiary alicyclic amines) is 1. The van der Waals surface area contributed by atoms with E-state index >= 15 is 0 Å². The number of rotatable bonds is 10. The van der Waals surface area contributed by atoms with Gasteiger partial charge < -0.3 is 20.2 Å². The van der Waals surface area contributed by atoms with E-state index in [1.807, 2.05) is 13.1 Å². The Morgan fingerprint density at radius 3 is 2.57 bits per heavy atom. The highest BCUT2D eigenvalue weighted by molar-refractivity contribution is 7.25. The molecule has 0 spiro atoms. The molecule has 0 radical (unpaired) electrons. The SMILES string of the molecule is CCCN(Cc1ncc(-c2ccc3c(c2)sc2cc(-c4ccc5nc(C6C7CCC(C7)N6C)[nH]c5c4)ccc23)[nH]1)C(=O)CNC=O. The molecule has 8 rings (SSSR count). The van der Waals surface area contributed by atoms with E-state index in [0.717, 1.165) is 34.5 Å². The summed E-state index contributed by atoms with van der Waals surface area (Å²) in [5.41, 5.74) is 6.48. The number of aromatic amines is 2. The number of hydrogen-bond donors (Lipinski definition) is 3. The zero-order valence-electron chi connectivity index (χ0n) is 26.0. The number of aromatic nitrogens is 4. The summed E-state index contributed by atoms with van der Waals surface area (Å²) < 4.78 is 2.47. The number of H-pyrrole nitrogens is 2. The summed E-state index contributed by atoms with van der Waals surface area (Å²) >= 11 is 1.80. The molecule has 3 aromatic heterocycles. The van der Waals surface area contributed by atoms with E-state index in [9.17, 15) is 9.59 Å². The summed E-state index contributed by atoms with van der Waals surface area (Å²) in [6.07, 6.45) is 7.12. The van der Waals surface area contributed by atoms with Gasteiger partial charge in [0.1, 0.15) is 11.6 Å². The molecule has 10 heteroatoms. The van der Waals surface area contributed by atoms with Crippen LogP contribution in [0.25, 0.3) is 53.6 Å². The zero-order valence-corrected chi connectivity index (χ0v) is 26.9. The lowest BCUT2D eigenvalue weighted by Gasteiger charge is -2.30. The molecular formula is C36H37N7O2S. The van der Waals surface area contributed by atoms with Crippen molar-refractivity contribution >= 4 is 54.9 Å². The van der Waals surface area contributed by atoms with Crippen LogP contribution >= 0.6 is 11.3 Å². The Balaban J connectivity index is 1.04. The average molecular weight is 632 g/mol. The lowest BCUT2D eigenvalue weighted by molar-refractivity contribution is -0.132. The van der Waals surface area contributed by atoms with Crippen molar-refractivity contribution in [1.29, 1.82) is 0 Å². The molecule has 3 aromatic carbocycles. The molecule has 3 atom stereocenters. The van der Waals surface area contributed by atoms with Crippen molar-refractivity contribution in [3.63, 3.8) is 0 Å². The maximum Gasteiger partial charge on any atom is 0.242 e. The Morgan fingerprint density at radius 2 is 1.80 bits per heavy atom. The monoisotopic (exact) mass is 631 g/mol. The Hall–Kier alpha value is -4.54. The van der Waals surface area contributed by atoms with Crippen LogP contribution in [-0.2, 0) is 16.1 Å². The standard InChI is InChI=1S/C36H37N7O2S/c1-3-12-43(34(45)18-37-20-44)19-33-38-17-30(39-33)23-6-10-27-26-9-5-22(15-31(26)46-32(27)16-23)21-7-11-28-29(14-21)41-36(40-28)35-24-4-8-25(13-24)42(35)2/h5-7,9-11,14-17,20,24-25,35H,3-4,8,12-13,18-19H2,1-2H3,(H,37,44)(H,38,39)(H,40,41). The Morgan fingerprint density at radius 1 is 1.04 bits per heavy atom. The highest BCUT2D eigenvalue weighted by Crippen LogP contribution is 2.48. The van der Waals surface area contributed by atoms with Crippen LogP contribution in [0.5, 0.6) is 0 Å². The molecule has 3 N–H and O–H groups in total. The van der Waals surface area contributed by atoms with Crippen molar-refractivity contribution in [3.8, 4) is 22.4 Å². The third-order valence-electron chi connectivity index (χ3n) is 9.96. The minimum Gasteiger partial charge on any atom is -0.350 e. The van der Waals surface area contributed by atoms with Gasteiger partial charge in [-0.1, -0.05) is 37.3 Å². The number of fused-ring (bicyclic) bond motifs is 6. The Labute approximate surface area is 271 Å². The number of nitrogens with one attached hydrogen (secondary N) is 3. The molecule has 1 aliphatic carbocycles. The molecule has 9 nitrogen and oxygen atoms in total. The van der Waals surface area contributed by atoms with E-state index in [1.54, 1.807) is 16.2 Å². The molecule has 2 amide bonds. The summed E-state index contributed by atoms with van der Waals surface area (Å²) in [5.74, 6) is 2.41. The topological polar surface area (TPSA) is 110 Å². The number of carbonyl (C=O) groups is 2. The molecule has 2 aliphatic rings. The fraction of sp³-hybridized carbons (Fsp3) is 0.333. The lowest BCUT2D eigenvalue weighted by atomic mass is 9.98. The van der Waals surface area contributed by atoms with Crippen LogP contribution in [0.2, 0.25) is 0 Å². The molecular weight excluding hydrogens is 595 g/mol. The van der Waals surface area contributed by atoms with E-state index in [1.165, 1.54) is 50.6 Å². The van der Waals surface area contributed by atoms with Crippen LogP contribution in [0, 0.1) is 5.92 Å². The van der Waals surface area contributed by atoms with Gasteiger partial charge in [-0.15, -0.1) is 11.3 Å². The van der Waals surface area contributed by atoms with Gasteiger partial charge in [-0.25, -0.2) is 9.97 Å². The normalized spacial score (nSPS) is 19.5. The summed E-state index contributed by atoms with van der Waals surface area (Å²) in [4.78, 5) is 44.1. The maximum atomic E-state index is 12.5. The third-order valence-corrected chi connectivity index (χ3v) is 11.1. The second-order valence-electron chi connectivity index (χ2n) is 12.8. The predicted molar refractivity (Wildman–Crippen MR) is 183 cm³/mol. The molecule has 4 heterocycles. The van der Waals surface area contributed by atoms with Crippen LogP contribution in [0.1, 0.15) is 50.3 Å². The smallest absolute Gasteiger partial charge is 0.242 e. The molecule has 3 unspecified atom stereocenters. The first-order valence-corrected chi connectivity index (χ1v) is 17.0. The van der Waals surface area contributed by atoms with Crippen LogP contribution < -0.4 is 5.32 Å². The van der Waals surface area contributed by atoms with Crippen LogP contribution in [-0.4, -0.2) is 68.2 Å². The van der Waals surface area contributed by atoms with E-state index < -0.39 is 0 Å². The van der Waals surface area contributed by atoms with Gasteiger partial charge in [-0.05, 0) is 74.0 Å². The lowest BCUT2D eigenvalue weighted by Crippen LogP contribution is -2.38. The maximum absolute atomic E-state index is 12.5. The fourth-order valence-electron chi connectivity index (χ4n) is 7.67. The molecule has 1 saturated carbocycles. The molecule has 2 fully saturated rings. The number of hydrogen-bond acceptors (Lipinski definition) is 6. The number of carbonyl (C=O) groups excluding carboxylic acids is 2. The van der Waals surface area contributed by atoms with Crippen molar-refractivity contribution in [3.05, 3.63) is 72.4 Å². The third kappa shape index (κ3) is 5.05. The first-order valence-electron chi connectivity index (χ1n) is 16.2. The van der Waals surface area contributed by atoms with E-state index in [4.69, 9.17) is 4.98 Å². The van der Waals surface area contributed by atoms with Crippen LogP contribution in [0.4, 0.5) is 0 Å². The Kier molecular flexibility index (Phi) is 7.33. The average Bonchev–Trinajstić information content (AvgIpc) is 3.90. The predicted octanol–water partition coefficient (Wildman–Crippen LogP) is 6.63. The molecule has 1 saturated heterocycles. The minimum absolute atomic E-state index is 0.0148. The number of piperidine rings is 1. The number of thiophene rings is 1. The number of amides is 2. The summed E-state index contributed by atoms with van der Waals surface area (Å²) in [6.45, 7) is 2.97. The van der Waals surface area contributed by atoms with Crippen molar-refractivity contribution in [2.75, 3.05) is 20.1 Å². The van der Waals surface area contributed by atoms with Crippen molar-refractivity contribution < 1.29 is 9.59 Å². The zero-order chi connectivity index (χ0) is 31.4. The quantitative estimate of drug-likeness (QED) is 0.147. The van der Waals surface area contributed by atoms with E-state index in [0.29, 0.717) is 43.3 Å². The molecule has 6 aromatic rings. The second-order valence-corrected chi connectivity index (χ2v) is 13.9. The minimum atomic E-state index is -0.129. The summed E-state index contributed by atoms with van der Waals surface area (Å²) in [5, 5.41) is 4.95. The molecule has 1 aliphatic heterocycles. The van der Waals surface area contributed by atoms with E-state index in [-0.39, 0.29) is 12.5 Å². The van der Waals surface area contributed by atoms with Crippen molar-refractivity contribution in [1.82, 2.24) is 35.1 Å². The van der Waals surface area contributed by atoms with Gasteiger partial charge in [-0.2, -0.15) is 0 Å². The van der Waals surface area contributed by atoms with Crippen LogP contribution in [0.15, 0.2) is 60.8 Å². The van der Waals surface area contributed by atoms with Gasteiger partial charge in [-0.3, -0.25) is 14.5 Å². The largest absolute Gasteiger partial charge is 0.350 e. The number of benzene rings is 3. The second kappa shape index (κ2) is 11.7. The fourth-order valence-corrected chi connectivity index (χ4v) is 8.85. The molecule has 234 valence electrons. The van der Waals surface area contributed by atoms with Crippen molar-refractivity contribution in [2.24, 2.45) is 5.92 Å². The highest BCUT2D eigenvalue weighted by atomic mass is 32.1. The summed E-state index contributed by atoms with van der Waals surface area (Å²) in [6, 6.07) is 21.0. The molecule has 46 heavy (non-hydrogen) atoms. The Bertz CT molecular complexity index is 2090. The molecule has 2 bridgehead atoms. The van der Waals surface area contributed by atoms with Gasteiger partial charge in [0.25, 0.3) is 0 Å². The number of nitrogens with zero attached hydrogens (tertiary/aromatic N) is 4. The summed E-state index contributed by atoms with van der Waals surface area (Å²) in [7, 11) is 2.26.